The number of nitrogens with two attached hydrogens (primary N) is 1. The molecule has 0 saturated carbocycles. The number of rotatable bonds is 6. The van der Waals surface area contributed by atoms with E-state index in [0.29, 0.717) is 33.8 Å². The maximum absolute atomic E-state index is 12.9. The van der Waals surface area contributed by atoms with Crippen molar-refractivity contribution in [1.29, 1.82) is 0 Å². The van der Waals surface area contributed by atoms with E-state index < -0.39 is 11.8 Å². The number of fused-ring (bicyclic) bond motifs is 1. The molecule has 3 N–H and O–H groups in total. The number of benzene rings is 3. The van der Waals surface area contributed by atoms with Crippen LogP contribution in [0.15, 0.2) is 77.2 Å². The molecule has 0 saturated heterocycles. The van der Waals surface area contributed by atoms with Crippen LogP contribution in [0.3, 0.4) is 0 Å². The van der Waals surface area contributed by atoms with Crippen LogP contribution in [0.2, 0.25) is 0 Å². The lowest BCUT2D eigenvalue weighted by Gasteiger charge is -2.08. The van der Waals surface area contributed by atoms with Gasteiger partial charge in [0.1, 0.15) is 28.5 Å². The van der Waals surface area contributed by atoms with Crippen molar-refractivity contribution in [2.75, 3.05) is 12.4 Å². The van der Waals surface area contributed by atoms with Crippen LogP contribution in [0.1, 0.15) is 20.9 Å². The normalized spacial score (nSPS) is 10.6. The Bertz CT molecular complexity index is 1230. The quantitative estimate of drug-likeness (QED) is 0.491. The minimum atomic E-state index is -0.790. The Labute approximate surface area is 172 Å². The molecule has 0 aliphatic heterocycles. The molecule has 7 heteroatoms. The summed E-state index contributed by atoms with van der Waals surface area (Å²) in [4.78, 5) is 24.7. The minimum Gasteiger partial charge on any atom is -0.497 e. The fraction of sp³-hybridized carbons (Fsp3) is 0.0435. The Morgan fingerprint density at radius 3 is 2.40 bits per heavy atom. The number of ether oxygens (including phenoxy) is 2. The fourth-order valence-corrected chi connectivity index (χ4v) is 3.01. The summed E-state index contributed by atoms with van der Waals surface area (Å²) in [7, 11) is 1.52. The molecule has 7 nitrogen and oxygen atoms in total. The number of hydrogen-bond donors (Lipinski definition) is 2. The second-order valence-corrected chi connectivity index (χ2v) is 6.43. The van der Waals surface area contributed by atoms with Crippen molar-refractivity contribution in [3.8, 4) is 17.2 Å². The molecule has 0 unspecified atom stereocenters. The number of furan rings is 1. The SMILES string of the molecule is COc1ccc2c(NC(=O)c3cccc(Oc4ccccc4)c3)c(C(N)=O)oc2c1. The third-order valence-corrected chi connectivity index (χ3v) is 4.43. The number of amides is 2. The summed E-state index contributed by atoms with van der Waals surface area (Å²) in [6.07, 6.45) is 0. The Morgan fingerprint density at radius 1 is 0.900 bits per heavy atom. The Kier molecular flexibility index (Phi) is 5.09. The molecular formula is C23H18N2O5. The minimum absolute atomic E-state index is 0.136. The summed E-state index contributed by atoms with van der Waals surface area (Å²) < 4.78 is 16.5. The van der Waals surface area contributed by atoms with E-state index in [-0.39, 0.29) is 11.4 Å². The summed E-state index contributed by atoms with van der Waals surface area (Å²) in [6, 6.07) is 21.0. The Hall–Kier alpha value is -4.26. The maximum Gasteiger partial charge on any atom is 0.286 e. The molecular weight excluding hydrogens is 384 g/mol. The van der Waals surface area contributed by atoms with Gasteiger partial charge in [0.2, 0.25) is 5.76 Å². The number of methoxy groups -OCH3 is 1. The first kappa shape index (κ1) is 19.1. The molecule has 0 radical (unpaired) electrons. The van der Waals surface area contributed by atoms with Gasteiger partial charge in [0.15, 0.2) is 0 Å². The maximum atomic E-state index is 12.9. The zero-order valence-electron chi connectivity index (χ0n) is 16.0. The Balaban J connectivity index is 1.64. The van der Waals surface area contributed by atoms with Gasteiger partial charge < -0.3 is 24.9 Å². The van der Waals surface area contributed by atoms with Gasteiger partial charge >= 0.3 is 0 Å². The van der Waals surface area contributed by atoms with Crippen molar-refractivity contribution >= 4 is 28.5 Å². The molecule has 1 heterocycles. The van der Waals surface area contributed by atoms with Crippen LogP contribution in [0.25, 0.3) is 11.0 Å². The first-order valence-electron chi connectivity index (χ1n) is 9.10. The number of hydrogen-bond acceptors (Lipinski definition) is 5. The van der Waals surface area contributed by atoms with Gasteiger partial charge in [-0.15, -0.1) is 0 Å². The summed E-state index contributed by atoms with van der Waals surface area (Å²) in [5.41, 5.74) is 6.37. The molecule has 4 aromatic rings. The summed E-state index contributed by atoms with van der Waals surface area (Å²) in [6.45, 7) is 0. The van der Waals surface area contributed by atoms with Gasteiger partial charge in [-0.1, -0.05) is 24.3 Å². The van der Waals surface area contributed by atoms with Crippen molar-refractivity contribution < 1.29 is 23.5 Å². The molecule has 0 bridgehead atoms. The highest BCUT2D eigenvalue weighted by molar-refractivity contribution is 6.14. The smallest absolute Gasteiger partial charge is 0.286 e. The topological polar surface area (TPSA) is 104 Å². The number of carbonyl (C=O) groups excluding carboxylic acids is 2. The third-order valence-electron chi connectivity index (χ3n) is 4.43. The molecule has 3 aromatic carbocycles. The van der Waals surface area contributed by atoms with Crippen LogP contribution in [-0.2, 0) is 0 Å². The zero-order valence-corrected chi connectivity index (χ0v) is 16.0. The molecule has 1 aromatic heterocycles. The van der Waals surface area contributed by atoms with E-state index >= 15 is 0 Å². The average Bonchev–Trinajstić information content (AvgIpc) is 3.12. The molecule has 150 valence electrons. The molecule has 0 atom stereocenters. The van der Waals surface area contributed by atoms with E-state index in [0.717, 1.165) is 0 Å². The van der Waals surface area contributed by atoms with Crippen LogP contribution >= 0.6 is 0 Å². The van der Waals surface area contributed by atoms with Crippen LogP contribution < -0.4 is 20.5 Å². The van der Waals surface area contributed by atoms with Gasteiger partial charge in [0, 0.05) is 17.0 Å². The lowest BCUT2D eigenvalue weighted by molar-refractivity contribution is 0.0977. The number of nitrogens with one attached hydrogen (secondary N) is 1. The highest BCUT2D eigenvalue weighted by atomic mass is 16.5. The van der Waals surface area contributed by atoms with Gasteiger partial charge in [-0.25, -0.2) is 0 Å². The van der Waals surface area contributed by atoms with E-state index in [4.69, 9.17) is 19.6 Å². The fourth-order valence-electron chi connectivity index (χ4n) is 3.01. The first-order chi connectivity index (χ1) is 14.5. The summed E-state index contributed by atoms with van der Waals surface area (Å²) in [5, 5.41) is 3.27. The van der Waals surface area contributed by atoms with Crippen molar-refractivity contribution in [3.63, 3.8) is 0 Å². The van der Waals surface area contributed by atoms with Gasteiger partial charge in [0.25, 0.3) is 11.8 Å². The van der Waals surface area contributed by atoms with Crippen molar-refractivity contribution in [3.05, 3.63) is 84.1 Å². The third kappa shape index (κ3) is 3.81. The van der Waals surface area contributed by atoms with Crippen LogP contribution in [-0.4, -0.2) is 18.9 Å². The van der Waals surface area contributed by atoms with Crippen molar-refractivity contribution in [2.45, 2.75) is 0 Å². The largest absolute Gasteiger partial charge is 0.497 e. The molecule has 0 fully saturated rings. The van der Waals surface area contributed by atoms with E-state index in [1.54, 1.807) is 42.5 Å². The highest BCUT2D eigenvalue weighted by Gasteiger charge is 2.21. The van der Waals surface area contributed by atoms with Crippen molar-refractivity contribution in [2.24, 2.45) is 5.73 Å². The lowest BCUT2D eigenvalue weighted by atomic mass is 10.1. The first-order valence-corrected chi connectivity index (χ1v) is 9.10. The van der Waals surface area contributed by atoms with Crippen molar-refractivity contribution in [1.82, 2.24) is 0 Å². The van der Waals surface area contributed by atoms with E-state index in [1.807, 2.05) is 30.3 Å². The van der Waals surface area contributed by atoms with Gasteiger partial charge in [0.05, 0.1) is 7.11 Å². The van der Waals surface area contributed by atoms with Crippen LogP contribution in [0, 0.1) is 0 Å². The van der Waals surface area contributed by atoms with E-state index in [2.05, 4.69) is 5.32 Å². The number of anilines is 1. The predicted molar refractivity (Wildman–Crippen MR) is 112 cm³/mol. The molecule has 0 aliphatic rings. The number of para-hydroxylation sites is 1. The average molecular weight is 402 g/mol. The second kappa shape index (κ2) is 8.00. The van der Waals surface area contributed by atoms with Gasteiger partial charge in [-0.3, -0.25) is 9.59 Å². The molecule has 0 aliphatic carbocycles. The predicted octanol–water partition coefficient (Wildman–Crippen LogP) is 4.58. The summed E-state index contributed by atoms with van der Waals surface area (Å²) >= 11 is 0. The lowest BCUT2D eigenvalue weighted by Crippen LogP contribution is -2.17. The van der Waals surface area contributed by atoms with E-state index in [9.17, 15) is 9.59 Å². The molecule has 2 amide bonds. The second-order valence-electron chi connectivity index (χ2n) is 6.43. The van der Waals surface area contributed by atoms with E-state index in [1.165, 1.54) is 7.11 Å². The van der Waals surface area contributed by atoms with Crippen LogP contribution in [0.5, 0.6) is 17.2 Å². The molecule has 30 heavy (non-hydrogen) atoms. The molecule has 4 rings (SSSR count). The standard InChI is InChI=1S/C23H18N2O5/c1-28-16-10-11-18-19(13-16)30-21(22(24)26)20(18)25-23(27)14-6-5-9-17(12-14)29-15-7-3-2-4-8-15/h2-13H,1H3,(H2,24,26)(H,25,27). The number of carbonyl (C=O) groups is 2. The highest BCUT2D eigenvalue weighted by Crippen LogP contribution is 2.33. The van der Waals surface area contributed by atoms with Crippen LogP contribution in [0.4, 0.5) is 5.69 Å². The Morgan fingerprint density at radius 2 is 1.67 bits per heavy atom. The monoisotopic (exact) mass is 402 g/mol. The summed E-state index contributed by atoms with van der Waals surface area (Å²) in [5.74, 6) is 0.349. The zero-order chi connectivity index (χ0) is 21.1. The number of primary amides is 1. The van der Waals surface area contributed by atoms with Gasteiger partial charge in [-0.2, -0.15) is 0 Å². The van der Waals surface area contributed by atoms with Gasteiger partial charge in [-0.05, 0) is 42.5 Å². The molecule has 0 spiro atoms.